The molecule has 2 heterocycles. The number of pyridine rings is 1. The topological polar surface area (TPSA) is 86.5 Å². The van der Waals surface area contributed by atoms with Crippen molar-refractivity contribution in [3.63, 3.8) is 0 Å². The molecule has 0 saturated heterocycles. The van der Waals surface area contributed by atoms with Crippen molar-refractivity contribution in [2.24, 2.45) is 0 Å². The number of rotatable bonds is 4. The van der Waals surface area contributed by atoms with Crippen LogP contribution in [-0.4, -0.2) is 4.98 Å². The summed E-state index contributed by atoms with van der Waals surface area (Å²) in [5.74, 6) is 0.315. The number of anilines is 1. The van der Waals surface area contributed by atoms with Gasteiger partial charge in [0.1, 0.15) is 34.4 Å². The number of halogens is 1. The number of hydrogen-bond donors (Lipinski definition) is 1. The second kappa shape index (κ2) is 7.35. The number of thioether (sulfide) groups is 1. The van der Waals surface area contributed by atoms with Gasteiger partial charge in [-0.15, -0.1) is 23.1 Å². The molecular weight excluding hydrogens is 355 g/mol. The van der Waals surface area contributed by atoms with Gasteiger partial charge in [0.05, 0.1) is 5.56 Å². The van der Waals surface area contributed by atoms with Crippen LogP contribution in [0.3, 0.4) is 0 Å². The van der Waals surface area contributed by atoms with Crippen molar-refractivity contribution in [2.45, 2.75) is 10.8 Å². The van der Waals surface area contributed by atoms with Crippen molar-refractivity contribution in [1.82, 2.24) is 4.98 Å². The summed E-state index contributed by atoms with van der Waals surface area (Å²) < 4.78 is 13.0. The van der Waals surface area contributed by atoms with Crippen LogP contribution in [0.5, 0.6) is 0 Å². The molecule has 0 saturated carbocycles. The molecule has 0 aliphatic carbocycles. The quantitative estimate of drug-likeness (QED) is 0.684. The Morgan fingerprint density at radius 1 is 1.12 bits per heavy atom. The summed E-state index contributed by atoms with van der Waals surface area (Å²) in [6, 6.07) is 14.0. The van der Waals surface area contributed by atoms with Crippen LogP contribution in [-0.2, 0) is 5.75 Å². The van der Waals surface area contributed by atoms with E-state index in [0.29, 0.717) is 21.9 Å². The smallest absolute Gasteiger partial charge is 0.143 e. The number of thiophene rings is 1. The maximum atomic E-state index is 13.0. The predicted molar refractivity (Wildman–Crippen MR) is 97.4 cm³/mol. The minimum Gasteiger partial charge on any atom is -0.383 e. The van der Waals surface area contributed by atoms with E-state index in [1.807, 2.05) is 17.5 Å². The lowest BCUT2D eigenvalue weighted by Gasteiger charge is -2.11. The van der Waals surface area contributed by atoms with Crippen LogP contribution in [0.1, 0.15) is 16.7 Å². The molecule has 3 aromatic rings. The number of nitriles is 2. The maximum absolute atomic E-state index is 13.0. The predicted octanol–water partition coefficient (Wildman–Crippen LogP) is 4.57. The number of nitrogens with zero attached hydrogens (tertiary/aromatic N) is 3. The third-order valence-corrected chi connectivity index (χ3v) is 5.41. The Balaban J connectivity index is 2.04. The average Bonchev–Trinajstić information content (AvgIpc) is 3.14. The summed E-state index contributed by atoms with van der Waals surface area (Å²) in [5, 5.41) is 21.4. The Labute approximate surface area is 152 Å². The van der Waals surface area contributed by atoms with Gasteiger partial charge in [-0.1, -0.05) is 18.2 Å². The molecule has 122 valence electrons. The zero-order valence-electron chi connectivity index (χ0n) is 12.9. The summed E-state index contributed by atoms with van der Waals surface area (Å²) in [6.07, 6.45) is 0. The Bertz CT molecular complexity index is 984. The fourth-order valence-electron chi connectivity index (χ4n) is 2.30. The van der Waals surface area contributed by atoms with Crippen LogP contribution in [0.4, 0.5) is 10.2 Å². The van der Waals surface area contributed by atoms with Gasteiger partial charge in [0, 0.05) is 16.2 Å². The fourth-order valence-corrected chi connectivity index (χ4v) is 4.04. The Morgan fingerprint density at radius 2 is 1.84 bits per heavy atom. The molecule has 0 fully saturated rings. The molecule has 0 bridgehead atoms. The van der Waals surface area contributed by atoms with E-state index in [0.717, 1.165) is 10.4 Å². The lowest BCUT2D eigenvalue weighted by molar-refractivity contribution is 0.627. The Kier molecular flexibility index (Phi) is 4.99. The number of benzene rings is 1. The molecule has 0 spiro atoms. The highest BCUT2D eigenvalue weighted by Crippen LogP contribution is 2.38. The van der Waals surface area contributed by atoms with E-state index < -0.39 is 0 Å². The Morgan fingerprint density at radius 3 is 2.44 bits per heavy atom. The highest BCUT2D eigenvalue weighted by atomic mass is 32.2. The highest BCUT2D eigenvalue weighted by Gasteiger charge is 2.21. The molecule has 0 aliphatic rings. The second-order valence-corrected chi connectivity index (χ2v) is 6.95. The van der Waals surface area contributed by atoms with Crippen molar-refractivity contribution < 1.29 is 4.39 Å². The van der Waals surface area contributed by atoms with Crippen molar-refractivity contribution in [3.05, 3.63) is 64.3 Å². The molecule has 0 aliphatic heterocycles. The average molecular weight is 366 g/mol. The normalized spacial score (nSPS) is 10.2. The van der Waals surface area contributed by atoms with Gasteiger partial charge in [-0.05, 0) is 29.1 Å². The monoisotopic (exact) mass is 366 g/mol. The van der Waals surface area contributed by atoms with E-state index in [1.54, 1.807) is 12.1 Å². The molecule has 0 radical (unpaired) electrons. The largest absolute Gasteiger partial charge is 0.383 e. The zero-order chi connectivity index (χ0) is 17.8. The van der Waals surface area contributed by atoms with Gasteiger partial charge in [0.15, 0.2) is 0 Å². The lowest BCUT2D eigenvalue weighted by atomic mass is 10.0. The molecule has 2 aromatic heterocycles. The number of nitrogen functional groups attached to an aromatic ring is 1. The van der Waals surface area contributed by atoms with Gasteiger partial charge < -0.3 is 5.73 Å². The van der Waals surface area contributed by atoms with E-state index in [1.165, 1.54) is 35.2 Å². The molecule has 0 atom stereocenters. The maximum Gasteiger partial charge on any atom is 0.143 e. The van der Waals surface area contributed by atoms with E-state index >= 15 is 0 Å². The molecule has 0 amide bonds. The van der Waals surface area contributed by atoms with Gasteiger partial charge in [-0.25, -0.2) is 9.37 Å². The first-order valence-corrected chi connectivity index (χ1v) is 9.05. The minimum absolute atomic E-state index is 0.103. The molecule has 0 unspecified atom stereocenters. The van der Waals surface area contributed by atoms with Gasteiger partial charge in [-0.2, -0.15) is 10.5 Å². The van der Waals surface area contributed by atoms with Crippen LogP contribution < -0.4 is 5.73 Å². The van der Waals surface area contributed by atoms with Gasteiger partial charge >= 0.3 is 0 Å². The number of aromatic nitrogens is 1. The van der Waals surface area contributed by atoms with Crippen LogP contribution >= 0.6 is 23.1 Å². The van der Waals surface area contributed by atoms with Crippen LogP contribution in [0.2, 0.25) is 0 Å². The van der Waals surface area contributed by atoms with E-state index in [-0.39, 0.29) is 17.2 Å². The minimum atomic E-state index is -0.299. The third kappa shape index (κ3) is 3.48. The van der Waals surface area contributed by atoms with E-state index in [2.05, 4.69) is 17.1 Å². The van der Waals surface area contributed by atoms with E-state index in [9.17, 15) is 14.9 Å². The molecular formula is C18H11FN4S2. The summed E-state index contributed by atoms with van der Waals surface area (Å²) in [4.78, 5) is 5.04. The lowest BCUT2D eigenvalue weighted by Crippen LogP contribution is -2.02. The fraction of sp³-hybridized carbons (Fsp3) is 0.0556. The molecule has 1 aromatic carbocycles. The summed E-state index contributed by atoms with van der Waals surface area (Å²) in [5.41, 5.74) is 7.92. The number of hydrogen-bond acceptors (Lipinski definition) is 6. The molecule has 2 N–H and O–H groups in total. The standard InChI is InChI=1S/C18H11FN4S2/c19-12-5-3-11(4-6-12)10-25-18-14(9-21)16(15-2-1-7-24-15)13(8-20)17(22)23-18/h1-7H,10H2,(H2,22,23). The van der Waals surface area contributed by atoms with Gasteiger partial charge in [0.2, 0.25) is 0 Å². The van der Waals surface area contributed by atoms with Crippen molar-refractivity contribution in [3.8, 4) is 22.6 Å². The Hall–Kier alpha value is -2.87. The first kappa shape index (κ1) is 17.0. The van der Waals surface area contributed by atoms with Crippen LogP contribution in [0.15, 0.2) is 46.8 Å². The van der Waals surface area contributed by atoms with E-state index in [4.69, 9.17) is 5.73 Å². The molecule has 3 rings (SSSR count). The molecule has 4 nitrogen and oxygen atoms in total. The first-order chi connectivity index (χ1) is 12.1. The van der Waals surface area contributed by atoms with Crippen LogP contribution in [0.25, 0.3) is 10.4 Å². The summed E-state index contributed by atoms with van der Waals surface area (Å²) in [6.45, 7) is 0. The SMILES string of the molecule is N#Cc1c(N)nc(SCc2ccc(F)cc2)c(C#N)c1-c1cccs1. The second-order valence-electron chi connectivity index (χ2n) is 5.04. The number of nitrogens with two attached hydrogens (primary N) is 1. The van der Waals surface area contributed by atoms with Gasteiger partial charge in [-0.3, -0.25) is 0 Å². The molecule has 25 heavy (non-hydrogen) atoms. The third-order valence-electron chi connectivity index (χ3n) is 3.47. The van der Waals surface area contributed by atoms with Crippen molar-refractivity contribution in [2.75, 3.05) is 5.73 Å². The van der Waals surface area contributed by atoms with Crippen LogP contribution in [0, 0.1) is 28.5 Å². The van der Waals surface area contributed by atoms with Crippen molar-refractivity contribution >= 4 is 28.9 Å². The van der Waals surface area contributed by atoms with Crippen molar-refractivity contribution in [1.29, 1.82) is 10.5 Å². The summed E-state index contributed by atoms with van der Waals surface area (Å²) >= 11 is 2.77. The molecule has 7 heteroatoms. The highest BCUT2D eigenvalue weighted by molar-refractivity contribution is 7.98. The van der Waals surface area contributed by atoms with Gasteiger partial charge in [0.25, 0.3) is 0 Å². The summed E-state index contributed by atoms with van der Waals surface area (Å²) in [7, 11) is 0. The first-order valence-electron chi connectivity index (χ1n) is 7.18. The zero-order valence-corrected chi connectivity index (χ0v) is 14.5.